The summed E-state index contributed by atoms with van der Waals surface area (Å²) in [5, 5.41) is 13.5. The molecule has 1 N–H and O–H groups in total. The molecule has 0 spiro atoms. The molecule has 0 saturated carbocycles. The summed E-state index contributed by atoms with van der Waals surface area (Å²) in [6.45, 7) is 3.49. The highest BCUT2D eigenvalue weighted by Gasteiger charge is 2.13. The van der Waals surface area contributed by atoms with E-state index in [1.807, 2.05) is 0 Å². The molecule has 84 valence electrons. The maximum Gasteiger partial charge on any atom is 0.214 e. The number of phenols is 1. The number of phenolic OH excluding ortho intramolecular Hbond substituents is 1. The first kappa shape index (κ1) is 10.7. The average molecular weight is 220 g/mol. The molecule has 1 heterocycles. The van der Waals surface area contributed by atoms with Gasteiger partial charge >= 0.3 is 0 Å². The van der Waals surface area contributed by atoms with E-state index in [9.17, 15) is 9.50 Å². The van der Waals surface area contributed by atoms with Gasteiger partial charge in [0.25, 0.3) is 0 Å². The average Bonchev–Trinajstić information content (AvgIpc) is 2.50. The predicted octanol–water partition coefficient (Wildman–Crippen LogP) is 2.55. The van der Waals surface area contributed by atoms with Gasteiger partial charge in [0, 0.05) is 18.2 Å². The Morgan fingerprint density at radius 3 is 2.50 bits per heavy atom. The van der Waals surface area contributed by atoms with Crippen molar-refractivity contribution in [3.63, 3.8) is 0 Å². The molecule has 0 amide bonds. The zero-order valence-electron chi connectivity index (χ0n) is 9.45. The van der Waals surface area contributed by atoms with Crippen LogP contribution in [0.3, 0.4) is 0 Å². The van der Waals surface area contributed by atoms with Crippen molar-refractivity contribution in [3.05, 3.63) is 35.3 Å². The molecule has 0 aliphatic rings. The van der Waals surface area contributed by atoms with Gasteiger partial charge in [-0.2, -0.15) is 9.49 Å². The number of aromatic nitrogens is 2. The molecule has 0 saturated heterocycles. The molecule has 0 radical (unpaired) electrons. The number of nitrogens with zero attached hydrogens (tertiary/aromatic N) is 2. The van der Waals surface area contributed by atoms with Gasteiger partial charge in [0.1, 0.15) is 5.75 Å². The van der Waals surface area contributed by atoms with Crippen LogP contribution in [-0.2, 0) is 7.05 Å². The summed E-state index contributed by atoms with van der Waals surface area (Å²) in [6, 6.07) is 5.12. The van der Waals surface area contributed by atoms with Crippen LogP contribution in [0, 0.1) is 19.8 Å². The van der Waals surface area contributed by atoms with E-state index in [2.05, 4.69) is 5.10 Å². The van der Waals surface area contributed by atoms with Gasteiger partial charge in [0.05, 0.1) is 5.69 Å². The minimum atomic E-state index is -0.333. The Hall–Kier alpha value is -1.84. The normalized spacial score (nSPS) is 10.8. The van der Waals surface area contributed by atoms with Gasteiger partial charge in [-0.3, -0.25) is 0 Å². The Kier molecular flexibility index (Phi) is 2.42. The van der Waals surface area contributed by atoms with E-state index < -0.39 is 0 Å². The molecule has 3 nitrogen and oxygen atoms in total. The fourth-order valence-electron chi connectivity index (χ4n) is 1.69. The van der Waals surface area contributed by atoms with E-state index in [0.717, 1.165) is 11.1 Å². The van der Waals surface area contributed by atoms with Crippen molar-refractivity contribution < 1.29 is 9.50 Å². The Labute approximate surface area is 93.2 Å². The Balaban J connectivity index is 2.59. The monoisotopic (exact) mass is 220 g/mol. The van der Waals surface area contributed by atoms with Crippen LogP contribution in [0.2, 0.25) is 0 Å². The van der Waals surface area contributed by atoms with E-state index >= 15 is 0 Å². The smallest absolute Gasteiger partial charge is 0.214 e. The van der Waals surface area contributed by atoms with Crippen molar-refractivity contribution in [2.75, 3.05) is 0 Å². The number of hydrogen-bond donors (Lipinski definition) is 1. The molecule has 1 aromatic heterocycles. The summed E-state index contributed by atoms with van der Waals surface area (Å²) in [5.41, 5.74) is 2.70. The predicted molar refractivity (Wildman–Crippen MR) is 59.7 cm³/mol. The molecule has 0 aliphatic carbocycles. The van der Waals surface area contributed by atoms with Gasteiger partial charge in [0.15, 0.2) is 0 Å². The zero-order valence-corrected chi connectivity index (χ0v) is 9.45. The second kappa shape index (κ2) is 3.63. The number of aromatic hydroxyl groups is 1. The molecule has 4 heteroatoms. The Bertz CT molecular complexity index is 546. The molecule has 0 bridgehead atoms. The lowest BCUT2D eigenvalue weighted by Crippen LogP contribution is -1.93. The molecule has 0 atom stereocenters. The first-order valence-corrected chi connectivity index (χ1v) is 5.00. The van der Waals surface area contributed by atoms with Crippen LogP contribution in [0.4, 0.5) is 4.39 Å². The maximum atomic E-state index is 13.5. The lowest BCUT2D eigenvalue weighted by molar-refractivity contribution is 0.471. The number of aryl methyl sites for hydroxylation is 2. The van der Waals surface area contributed by atoms with Crippen molar-refractivity contribution in [3.8, 4) is 17.0 Å². The summed E-state index contributed by atoms with van der Waals surface area (Å²) in [7, 11) is 1.57. The van der Waals surface area contributed by atoms with E-state index in [4.69, 9.17) is 0 Å². The van der Waals surface area contributed by atoms with Crippen molar-refractivity contribution in [1.82, 2.24) is 9.78 Å². The van der Waals surface area contributed by atoms with Crippen LogP contribution < -0.4 is 0 Å². The minimum Gasteiger partial charge on any atom is -0.508 e. The minimum absolute atomic E-state index is 0.234. The van der Waals surface area contributed by atoms with Crippen molar-refractivity contribution in [2.45, 2.75) is 13.8 Å². The Morgan fingerprint density at radius 2 is 2.00 bits per heavy atom. The molecular weight excluding hydrogens is 207 g/mol. The highest BCUT2D eigenvalue weighted by molar-refractivity contribution is 5.64. The van der Waals surface area contributed by atoms with E-state index in [1.165, 1.54) is 4.68 Å². The summed E-state index contributed by atoms with van der Waals surface area (Å²) in [4.78, 5) is 0. The third-order valence-electron chi connectivity index (χ3n) is 2.67. The Morgan fingerprint density at radius 1 is 1.31 bits per heavy atom. The third-order valence-corrected chi connectivity index (χ3v) is 2.67. The molecular formula is C12H13FN2O. The number of hydrogen-bond acceptors (Lipinski definition) is 2. The lowest BCUT2D eigenvalue weighted by atomic mass is 10.1. The second-order valence-electron chi connectivity index (χ2n) is 3.89. The van der Waals surface area contributed by atoms with E-state index in [-0.39, 0.29) is 11.7 Å². The van der Waals surface area contributed by atoms with Crippen LogP contribution in [0.1, 0.15) is 11.1 Å². The molecule has 2 rings (SSSR count). The third kappa shape index (κ3) is 1.56. The largest absolute Gasteiger partial charge is 0.508 e. The van der Waals surface area contributed by atoms with Crippen LogP contribution in [0.5, 0.6) is 5.75 Å². The van der Waals surface area contributed by atoms with Crippen molar-refractivity contribution >= 4 is 0 Å². The maximum absolute atomic E-state index is 13.5. The molecule has 0 aliphatic heterocycles. The number of rotatable bonds is 1. The SMILES string of the molecule is Cc1cc(-c2nn(C)c(F)c2C)ccc1O. The van der Waals surface area contributed by atoms with Crippen LogP contribution in [0.15, 0.2) is 18.2 Å². The van der Waals surface area contributed by atoms with Gasteiger partial charge in [-0.15, -0.1) is 0 Å². The first-order chi connectivity index (χ1) is 7.50. The van der Waals surface area contributed by atoms with Gasteiger partial charge in [0.2, 0.25) is 5.95 Å². The van der Waals surface area contributed by atoms with E-state index in [0.29, 0.717) is 11.3 Å². The quantitative estimate of drug-likeness (QED) is 0.802. The topological polar surface area (TPSA) is 38.0 Å². The summed E-state index contributed by atoms with van der Waals surface area (Å²) >= 11 is 0. The van der Waals surface area contributed by atoms with Gasteiger partial charge in [-0.1, -0.05) is 0 Å². The van der Waals surface area contributed by atoms with Gasteiger partial charge < -0.3 is 5.11 Å². The highest BCUT2D eigenvalue weighted by atomic mass is 19.1. The summed E-state index contributed by atoms with van der Waals surface area (Å²) in [5.74, 6) is -0.0986. The van der Waals surface area contributed by atoms with Crippen LogP contribution >= 0.6 is 0 Å². The van der Waals surface area contributed by atoms with Crippen molar-refractivity contribution in [1.29, 1.82) is 0 Å². The first-order valence-electron chi connectivity index (χ1n) is 5.00. The van der Waals surface area contributed by atoms with Crippen LogP contribution in [0.25, 0.3) is 11.3 Å². The standard InChI is InChI=1S/C12H13FN2O/c1-7-6-9(4-5-10(7)16)11-8(2)12(13)15(3)14-11/h4-6,16H,1-3H3. The number of benzene rings is 1. The van der Waals surface area contributed by atoms with E-state index in [1.54, 1.807) is 39.1 Å². The molecule has 1 aromatic carbocycles. The summed E-state index contributed by atoms with van der Waals surface area (Å²) < 4.78 is 14.7. The molecule has 0 unspecified atom stereocenters. The second-order valence-corrected chi connectivity index (χ2v) is 3.89. The van der Waals surface area contributed by atoms with Crippen LogP contribution in [-0.4, -0.2) is 14.9 Å². The van der Waals surface area contributed by atoms with Crippen molar-refractivity contribution in [2.24, 2.45) is 7.05 Å². The molecule has 16 heavy (non-hydrogen) atoms. The summed E-state index contributed by atoms with van der Waals surface area (Å²) in [6.07, 6.45) is 0. The lowest BCUT2D eigenvalue weighted by Gasteiger charge is -2.02. The highest BCUT2D eigenvalue weighted by Crippen LogP contribution is 2.27. The van der Waals surface area contributed by atoms with Gasteiger partial charge in [-0.05, 0) is 37.6 Å². The fraction of sp³-hybridized carbons (Fsp3) is 0.250. The fourth-order valence-corrected chi connectivity index (χ4v) is 1.69. The molecule has 2 aromatic rings. The van der Waals surface area contributed by atoms with Gasteiger partial charge in [-0.25, -0.2) is 4.68 Å². The zero-order chi connectivity index (χ0) is 11.9. The molecule has 0 fully saturated rings. The number of halogens is 1.